The van der Waals surface area contributed by atoms with Crippen LogP contribution in [0.15, 0.2) is 30.3 Å². The van der Waals surface area contributed by atoms with Gasteiger partial charge in [-0.15, -0.1) is 0 Å². The van der Waals surface area contributed by atoms with Gasteiger partial charge in [-0.2, -0.15) is 0 Å². The van der Waals surface area contributed by atoms with Crippen molar-refractivity contribution in [2.45, 2.75) is 117 Å². The zero-order valence-corrected chi connectivity index (χ0v) is 30.2. The first-order valence-corrected chi connectivity index (χ1v) is 17.2. The maximum atomic E-state index is 13.6. The summed E-state index contributed by atoms with van der Waals surface area (Å²) in [6, 6.07) is 4.99. The Morgan fingerprint density at radius 1 is 1.08 bits per heavy atom. The molecule has 272 valence electrons. The molecular weight excluding hydrogens is 630 g/mol. The number of allylic oxidation sites excluding steroid dienone is 1. The molecule has 2 heterocycles. The molecule has 4 bridgehead atoms. The third kappa shape index (κ3) is 12.1. The van der Waals surface area contributed by atoms with Crippen LogP contribution in [-0.2, 0) is 33.4 Å². The van der Waals surface area contributed by atoms with Gasteiger partial charge in [-0.05, 0) is 76.5 Å². The van der Waals surface area contributed by atoms with E-state index in [2.05, 4.69) is 21.4 Å². The minimum absolute atomic E-state index is 0.189. The predicted octanol–water partition coefficient (Wildman–Crippen LogP) is 3.78. The lowest BCUT2D eigenvalue weighted by atomic mass is 9.96. The number of fused-ring (bicyclic) bond motifs is 4. The van der Waals surface area contributed by atoms with Crippen LogP contribution in [0.1, 0.15) is 97.8 Å². The molecule has 6 atom stereocenters. The molecule has 1 aromatic rings. The highest BCUT2D eigenvalue weighted by atomic mass is 16.6. The number of carbonyl (C=O) groups is 5. The monoisotopic (exact) mass is 685 g/mol. The molecule has 2 aliphatic rings. The third-order valence-corrected chi connectivity index (χ3v) is 8.53. The summed E-state index contributed by atoms with van der Waals surface area (Å²) in [6.07, 6.45) is 4.72. The number of benzene rings is 1. The fourth-order valence-electron chi connectivity index (χ4n) is 5.75. The molecule has 1 fully saturated rings. The molecule has 13 nitrogen and oxygen atoms in total. The molecule has 0 saturated carbocycles. The molecule has 0 spiro atoms. The van der Waals surface area contributed by atoms with Gasteiger partial charge in [0.25, 0.3) is 5.91 Å². The molecule has 1 aromatic carbocycles. The molecular formula is C36H55N5O8. The van der Waals surface area contributed by atoms with E-state index in [9.17, 15) is 24.0 Å². The van der Waals surface area contributed by atoms with Crippen molar-refractivity contribution < 1.29 is 38.2 Å². The fraction of sp³-hybridized carbons (Fsp3) is 0.639. The first-order chi connectivity index (χ1) is 23.1. The van der Waals surface area contributed by atoms with Crippen molar-refractivity contribution in [2.75, 3.05) is 20.2 Å². The van der Waals surface area contributed by atoms with Crippen LogP contribution in [0.25, 0.3) is 6.08 Å². The number of ether oxygens (including phenoxy) is 3. The van der Waals surface area contributed by atoms with Crippen LogP contribution in [0.5, 0.6) is 0 Å². The van der Waals surface area contributed by atoms with Crippen molar-refractivity contribution in [3.8, 4) is 0 Å². The number of methoxy groups -OCH3 is 1. The summed E-state index contributed by atoms with van der Waals surface area (Å²) in [7, 11) is 1.56. The Hall–Kier alpha value is -3.97. The van der Waals surface area contributed by atoms with Crippen molar-refractivity contribution in [1.82, 2.24) is 26.4 Å². The summed E-state index contributed by atoms with van der Waals surface area (Å²) in [5.74, 6) is -2.54. The predicted molar refractivity (Wildman–Crippen MR) is 185 cm³/mol. The molecule has 49 heavy (non-hydrogen) atoms. The number of hydrogen-bond acceptors (Lipinski definition) is 9. The van der Waals surface area contributed by atoms with Crippen LogP contribution in [-0.4, -0.2) is 84.8 Å². The zero-order valence-electron chi connectivity index (χ0n) is 30.2. The van der Waals surface area contributed by atoms with Gasteiger partial charge in [0, 0.05) is 26.6 Å². The van der Waals surface area contributed by atoms with Crippen LogP contribution in [0.2, 0.25) is 0 Å². The minimum atomic E-state index is -0.934. The van der Waals surface area contributed by atoms with Gasteiger partial charge in [-0.25, -0.2) is 10.2 Å². The number of nitrogens with zero attached hydrogens (tertiary/aromatic N) is 1. The maximum absolute atomic E-state index is 13.6. The van der Waals surface area contributed by atoms with Crippen molar-refractivity contribution in [3.05, 3.63) is 41.5 Å². The molecule has 2 aliphatic heterocycles. The van der Waals surface area contributed by atoms with Crippen molar-refractivity contribution >= 4 is 35.9 Å². The largest absolute Gasteiger partial charge is 0.456 e. The fourth-order valence-corrected chi connectivity index (χ4v) is 5.75. The first kappa shape index (κ1) is 39.5. The van der Waals surface area contributed by atoms with Crippen LogP contribution in [0.3, 0.4) is 0 Å². The quantitative estimate of drug-likeness (QED) is 0.338. The maximum Gasteiger partial charge on any atom is 0.407 e. The molecule has 13 heteroatoms. The molecule has 4 N–H and O–H groups in total. The molecule has 0 unspecified atom stereocenters. The summed E-state index contributed by atoms with van der Waals surface area (Å²) >= 11 is 0. The molecule has 0 aliphatic carbocycles. The van der Waals surface area contributed by atoms with E-state index < -0.39 is 65.7 Å². The smallest absolute Gasteiger partial charge is 0.407 e. The number of alkyl carbamates (subject to hydrolysis) is 1. The van der Waals surface area contributed by atoms with E-state index in [1.807, 2.05) is 50.3 Å². The molecule has 4 amide bonds. The standard InChI is InChI=1S/C36H55N5O8/c1-22(2)30-32(43)38-24(4)33(44)41-20-12-16-27(40-41)34(45)48-29(18-19-37-35(46)49-36(5,6)7)26-15-11-14-25(21-26)13-9-10-17-28(47-8)23(3)31(42)39-30/h9,11,13-15,21-24,27-30,40H,10,12,16-20H2,1-8H3,(H,37,46)(H,38,43)(H,39,42)/t23-,24+,27+,28-,29-,30+/m1/s1. The van der Waals surface area contributed by atoms with E-state index >= 15 is 0 Å². The van der Waals surface area contributed by atoms with Gasteiger partial charge in [0.15, 0.2) is 0 Å². The van der Waals surface area contributed by atoms with Gasteiger partial charge in [-0.3, -0.25) is 24.2 Å². The molecule has 1 saturated heterocycles. The topological polar surface area (TPSA) is 164 Å². The van der Waals surface area contributed by atoms with E-state index in [1.165, 1.54) is 5.01 Å². The number of rotatable bonds is 5. The normalized spacial score (nSPS) is 26.5. The Morgan fingerprint density at radius 2 is 1.82 bits per heavy atom. The van der Waals surface area contributed by atoms with Crippen LogP contribution >= 0.6 is 0 Å². The van der Waals surface area contributed by atoms with E-state index in [0.717, 1.165) is 11.1 Å². The second-order valence-corrected chi connectivity index (χ2v) is 14.1. The van der Waals surface area contributed by atoms with Crippen molar-refractivity contribution in [3.63, 3.8) is 0 Å². The number of esters is 1. The van der Waals surface area contributed by atoms with E-state index in [1.54, 1.807) is 41.7 Å². The van der Waals surface area contributed by atoms with Gasteiger partial charge in [-0.1, -0.05) is 51.1 Å². The average Bonchev–Trinajstić information content (AvgIpc) is 3.04. The minimum Gasteiger partial charge on any atom is -0.456 e. The Balaban J connectivity index is 1.91. The summed E-state index contributed by atoms with van der Waals surface area (Å²) in [5.41, 5.74) is 3.96. The Labute approximate surface area is 290 Å². The van der Waals surface area contributed by atoms with E-state index in [-0.39, 0.29) is 24.8 Å². The second kappa shape index (κ2) is 18.1. The zero-order chi connectivity index (χ0) is 36.3. The number of cyclic esters (lactones) is 1. The molecule has 0 radical (unpaired) electrons. The lowest BCUT2D eigenvalue weighted by molar-refractivity contribution is -0.158. The van der Waals surface area contributed by atoms with Gasteiger partial charge in [0.1, 0.15) is 29.8 Å². The second-order valence-electron chi connectivity index (χ2n) is 14.1. The summed E-state index contributed by atoms with van der Waals surface area (Å²) in [4.78, 5) is 66.0. The average molecular weight is 686 g/mol. The Bertz CT molecular complexity index is 1340. The number of nitrogens with one attached hydrogen (secondary N) is 4. The summed E-state index contributed by atoms with van der Waals surface area (Å²) in [5, 5.41) is 9.68. The highest BCUT2D eigenvalue weighted by Gasteiger charge is 2.35. The first-order valence-electron chi connectivity index (χ1n) is 17.2. The Morgan fingerprint density at radius 3 is 2.49 bits per heavy atom. The number of amides is 4. The van der Waals surface area contributed by atoms with Gasteiger partial charge < -0.3 is 30.2 Å². The highest BCUT2D eigenvalue weighted by molar-refractivity contribution is 5.92. The molecule has 0 aromatic heterocycles. The number of carbonyl (C=O) groups excluding carboxylic acids is 5. The van der Waals surface area contributed by atoms with E-state index in [4.69, 9.17) is 14.2 Å². The van der Waals surface area contributed by atoms with Crippen LogP contribution in [0, 0.1) is 11.8 Å². The van der Waals surface area contributed by atoms with E-state index in [0.29, 0.717) is 32.2 Å². The van der Waals surface area contributed by atoms with Crippen molar-refractivity contribution in [2.24, 2.45) is 11.8 Å². The molecule has 3 rings (SSSR count). The van der Waals surface area contributed by atoms with Crippen LogP contribution < -0.4 is 21.4 Å². The SMILES string of the molecule is CO[C@@H]1CCC=Cc2cccc(c2)[C@@H](CCNC(=O)OC(C)(C)C)OC(=O)[C@@H]2CCCN(N2)C(=O)[C@H](C)NC(=O)[C@H](C(C)C)NC(=O)[C@@H]1C. The van der Waals surface area contributed by atoms with Gasteiger partial charge in [0.05, 0.1) is 12.0 Å². The third-order valence-electron chi connectivity index (χ3n) is 8.53. The summed E-state index contributed by atoms with van der Waals surface area (Å²) < 4.78 is 17.1. The number of hydrazine groups is 1. The lowest BCUT2D eigenvalue weighted by Gasteiger charge is -2.35. The lowest BCUT2D eigenvalue weighted by Crippen LogP contribution is -2.61. The highest BCUT2D eigenvalue weighted by Crippen LogP contribution is 2.25. The Kier molecular flexibility index (Phi) is 14.6. The summed E-state index contributed by atoms with van der Waals surface area (Å²) in [6.45, 7) is 12.8. The number of hydrogen-bond donors (Lipinski definition) is 4. The van der Waals surface area contributed by atoms with Gasteiger partial charge >= 0.3 is 12.1 Å². The van der Waals surface area contributed by atoms with Crippen molar-refractivity contribution in [1.29, 1.82) is 0 Å². The van der Waals surface area contributed by atoms with Gasteiger partial charge in [0.2, 0.25) is 11.8 Å². The van der Waals surface area contributed by atoms with Crippen LogP contribution in [0.4, 0.5) is 4.79 Å².